The molecule has 2 rings (SSSR count). The molecule has 1 aliphatic carbocycles. The van der Waals surface area contributed by atoms with Crippen LogP contribution in [0.3, 0.4) is 0 Å². The molecule has 0 amide bonds. The van der Waals surface area contributed by atoms with Crippen molar-refractivity contribution >= 4 is 11.9 Å². The van der Waals surface area contributed by atoms with Gasteiger partial charge in [0.2, 0.25) is 0 Å². The van der Waals surface area contributed by atoms with Crippen molar-refractivity contribution in [3.63, 3.8) is 0 Å². The van der Waals surface area contributed by atoms with E-state index in [9.17, 15) is 4.79 Å². The van der Waals surface area contributed by atoms with Gasteiger partial charge in [-0.05, 0) is 38.7 Å². The molecule has 0 aliphatic heterocycles. The molecule has 1 saturated carbocycles. The van der Waals surface area contributed by atoms with E-state index in [1.54, 1.807) is 7.11 Å². The molecule has 1 aliphatic rings. The van der Waals surface area contributed by atoms with E-state index in [1.165, 1.54) is 20.0 Å². The molecule has 0 saturated heterocycles. The van der Waals surface area contributed by atoms with Crippen molar-refractivity contribution in [1.82, 2.24) is 10.6 Å². The van der Waals surface area contributed by atoms with Crippen LogP contribution in [0.4, 0.5) is 0 Å². The Balaban J connectivity index is 2.10. The van der Waals surface area contributed by atoms with Gasteiger partial charge in [0.05, 0.1) is 32.8 Å². The third-order valence-electron chi connectivity index (χ3n) is 4.80. The van der Waals surface area contributed by atoms with E-state index < -0.39 is 0 Å². The van der Waals surface area contributed by atoms with Crippen molar-refractivity contribution in [1.29, 1.82) is 0 Å². The summed E-state index contributed by atoms with van der Waals surface area (Å²) in [4.78, 5) is 16.2. The molecule has 1 aromatic rings. The second-order valence-corrected chi connectivity index (χ2v) is 6.97. The second kappa shape index (κ2) is 11.4. The number of benzene rings is 1. The lowest BCUT2D eigenvalue weighted by atomic mass is 10.1. The van der Waals surface area contributed by atoms with Gasteiger partial charge >= 0.3 is 5.97 Å². The van der Waals surface area contributed by atoms with Gasteiger partial charge in [0, 0.05) is 18.7 Å². The maximum atomic E-state index is 11.6. The number of nitrogens with one attached hydrogen (secondary N) is 2. The molecule has 2 N–H and O–H groups in total. The monoisotopic (exact) mass is 391 g/mol. The van der Waals surface area contributed by atoms with E-state index in [2.05, 4.69) is 15.6 Å². The number of para-hydroxylation sites is 1. The summed E-state index contributed by atoms with van der Waals surface area (Å²) in [6, 6.07) is 5.88. The zero-order chi connectivity index (χ0) is 20.4. The van der Waals surface area contributed by atoms with E-state index in [0.717, 1.165) is 36.4 Å². The summed E-state index contributed by atoms with van der Waals surface area (Å²) in [6.07, 6.45) is 4.82. The van der Waals surface area contributed by atoms with Crippen LogP contribution in [0.5, 0.6) is 11.5 Å². The van der Waals surface area contributed by atoms with Crippen LogP contribution < -0.4 is 20.1 Å². The van der Waals surface area contributed by atoms with Gasteiger partial charge in [0.1, 0.15) is 0 Å². The number of guanidine groups is 1. The van der Waals surface area contributed by atoms with Crippen LogP contribution in [-0.2, 0) is 16.1 Å². The highest BCUT2D eigenvalue weighted by molar-refractivity contribution is 5.80. The van der Waals surface area contributed by atoms with Crippen LogP contribution >= 0.6 is 0 Å². The summed E-state index contributed by atoms with van der Waals surface area (Å²) < 4.78 is 16.5. The Morgan fingerprint density at radius 3 is 2.64 bits per heavy atom. The fourth-order valence-electron chi connectivity index (χ4n) is 3.19. The Morgan fingerprint density at radius 2 is 2.00 bits per heavy atom. The smallest absolute Gasteiger partial charge is 0.310 e. The standard InChI is InChI=1S/C21H33N3O4/c1-5-22-21(23-13-15(2)20(25)27-4)24-14-16-9-8-12-18(26-3)19(16)28-17-10-6-7-11-17/h8-9,12,15,17H,5-7,10-11,13-14H2,1-4H3,(H2,22,23,24). The number of nitrogens with zero attached hydrogens (tertiary/aromatic N) is 1. The molecule has 0 spiro atoms. The van der Waals surface area contributed by atoms with Crippen molar-refractivity contribution < 1.29 is 19.0 Å². The van der Waals surface area contributed by atoms with Crippen molar-refractivity contribution in [2.45, 2.75) is 52.2 Å². The van der Waals surface area contributed by atoms with Crippen LogP contribution in [0.15, 0.2) is 23.2 Å². The number of hydrogen-bond acceptors (Lipinski definition) is 5. The van der Waals surface area contributed by atoms with Crippen LogP contribution in [0.1, 0.15) is 45.1 Å². The lowest BCUT2D eigenvalue weighted by Gasteiger charge is -2.19. The fraction of sp³-hybridized carbons (Fsp3) is 0.619. The Morgan fingerprint density at radius 1 is 1.25 bits per heavy atom. The number of hydrogen-bond donors (Lipinski definition) is 2. The molecular formula is C21H33N3O4. The molecular weight excluding hydrogens is 358 g/mol. The van der Waals surface area contributed by atoms with Gasteiger partial charge in [0.15, 0.2) is 17.5 Å². The first kappa shape index (κ1) is 21.9. The molecule has 0 aromatic heterocycles. The van der Waals surface area contributed by atoms with Gasteiger partial charge in [-0.3, -0.25) is 4.79 Å². The third kappa shape index (κ3) is 6.32. The largest absolute Gasteiger partial charge is 0.493 e. The van der Waals surface area contributed by atoms with Crippen LogP contribution in [-0.4, -0.2) is 45.3 Å². The number of aliphatic imine (C=N–C) groups is 1. The highest BCUT2D eigenvalue weighted by Crippen LogP contribution is 2.35. The second-order valence-electron chi connectivity index (χ2n) is 6.97. The summed E-state index contributed by atoms with van der Waals surface area (Å²) in [5.41, 5.74) is 0.976. The molecule has 156 valence electrons. The third-order valence-corrected chi connectivity index (χ3v) is 4.80. The van der Waals surface area contributed by atoms with Gasteiger partial charge in [-0.15, -0.1) is 0 Å². The topological polar surface area (TPSA) is 81.2 Å². The predicted molar refractivity (Wildman–Crippen MR) is 110 cm³/mol. The van der Waals surface area contributed by atoms with E-state index in [0.29, 0.717) is 19.0 Å². The van der Waals surface area contributed by atoms with E-state index >= 15 is 0 Å². The lowest BCUT2D eigenvalue weighted by Crippen LogP contribution is -2.40. The molecule has 0 radical (unpaired) electrons. The van der Waals surface area contributed by atoms with Gasteiger partial charge < -0.3 is 24.8 Å². The molecule has 7 nitrogen and oxygen atoms in total. The molecule has 0 heterocycles. The molecule has 1 fully saturated rings. The highest BCUT2D eigenvalue weighted by Gasteiger charge is 2.20. The minimum absolute atomic E-state index is 0.242. The van der Waals surface area contributed by atoms with Crippen LogP contribution in [0.2, 0.25) is 0 Å². The first-order chi connectivity index (χ1) is 13.6. The quantitative estimate of drug-likeness (QED) is 0.383. The van der Waals surface area contributed by atoms with Crippen molar-refractivity contribution in [2.24, 2.45) is 10.9 Å². The van der Waals surface area contributed by atoms with Gasteiger partial charge in [0.25, 0.3) is 0 Å². The maximum absolute atomic E-state index is 11.6. The minimum atomic E-state index is -0.257. The molecule has 1 aromatic carbocycles. The zero-order valence-corrected chi connectivity index (χ0v) is 17.4. The SMILES string of the molecule is CCNC(=NCc1cccc(OC)c1OC1CCCC1)NCC(C)C(=O)OC. The lowest BCUT2D eigenvalue weighted by molar-refractivity contribution is -0.144. The summed E-state index contributed by atoms with van der Waals surface area (Å²) >= 11 is 0. The average Bonchev–Trinajstić information content (AvgIpc) is 3.23. The Hall–Kier alpha value is -2.44. The van der Waals surface area contributed by atoms with Crippen molar-refractivity contribution in [3.05, 3.63) is 23.8 Å². The zero-order valence-electron chi connectivity index (χ0n) is 17.4. The predicted octanol–water partition coefficient (Wildman–Crippen LogP) is 2.88. The Kier molecular flexibility index (Phi) is 8.91. The van der Waals surface area contributed by atoms with E-state index in [4.69, 9.17) is 14.2 Å². The number of ether oxygens (including phenoxy) is 3. The molecule has 0 bridgehead atoms. The normalized spacial score (nSPS) is 15.8. The molecule has 1 atom stereocenters. The van der Waals surface area contributed by atoms with Gasteiger partial charge in [-0.25, -0.2) is 4.99 Å². The number of carbonyl (C=O) groups is 1. The first-order valence-electron chi connectivity index (χ1n) is 10.0. The number of carbonyl (C=O) groups excluding carboxylic acids is 1. The summed E-state index contributed by atoms with van der Waals surface area (Å²) in [5.74, 6) is 1.65. The Labute approximate surface area is 167 Å². The maximum Gasteiger partial charge on any atom is 0.310 e. The minimum Gasteiger partial charge on any atom is -0.493 e. The van der Waals surface area contributed by atoms with Crippen molar-refractivity contribution in [2.75, 3.05) is 27.3 Å². The summed E-state index contributed by atoms with van der Waals surface area (Å²) in [6.45, 7) is 5.43. The number of esters is 1. The van der Waals surface area contributed by atoms with Gasteiger partial charge in [-0.2, -0.15) is 0 Å². The van der Waals surface area contributed by atoms with Crippen LogP contribution in [0, 0.1) is 5.92 Å². The fourth-order valence-corrected chi connectivity index (χ4v) is 3.19. The molecule has 1 unspecified atom stereocenters. The first-order valence-corrected chi connectivity index (χ1v) is 10.0. The Bertz CT molecular complexity index is 657. The molecule has 28 heavy (non-hydrogen) atoms. The van der Waals surface area contributed by atoms with Crippen molar-refractivity contribution in [3.8, 4) is 11.5 Å². The highest BCUT2D eigenvalue weighted by atomic mass is 16.5. The van der Waals surface area contributed by atoms with Crippen LogP contribution in [0.25, 0.3) is 0 Å². The van der Waals surface area contributed by atoms with E-state index in [1.807, 2.05) is 32.0 Å². The van der Waals surface area contributed by atoms with E-state index in [-0.39, 0.29) is 18.0 Å². The summed E-state index contributed by atoms with van der Waals surface area (Å²) in [7, 11) is 3.05. The average molecular weight is 392 g/mol. The van der Waals surface area contributed by atoms with Gasteiger partial charge in [-0.1, -0.05) is 19.1 Å². The number of rotatable bonds is 9. The summed E-state index contributed by atoms with van der Waals surface area (Å²) in [5, 5.41) is 6.39. The molecule has 7 heteroatoms. The number of methoxy groups -OCH3 is 2.